The molecule has 1 aromatic heterocycles. The number of benzene rings is 1. The highest BCUT2D eigenvalue weighted by atomic mass is 35.5. The van der Waals surface area contributed by atoms with Crippen molar-refractivity contribution in [1.82, 2.24) is 10.1 Å². The Morgan fingerprint density at radius 3 is 2.95 bits per heavy atom. The summed E-state index contributed by atoms with van der Waals surface area (Å²) in [6.45, 7) is 0.749. The summed E-state index contributed by atoms with van der Waals surface area (Å²) in [5.74, 6) is 0.397. The van der Waals surface area contributed by atoms with E-state index in [1.165, 1.54) is 0 Å². The van der Waals surface area contributed by atoms with Crippen LogP contribution in [0.4, 0.5) is 0 Å². The molecule has 110 valence electrons. The second-order valence-electron chi connectivity index (χ2n) is 4.81. The van der Waals surface area contributed by atoms with E-state index in [4.69, 9.17) is 32.5 Å². The van der Waals surface area contributed by atoms with Crippen molar-refractivity contribution in [3.05, 3.63) is 45.5 Å². The molecule has 5 nitrogen and oxygen atoms in total. The van der Waals surface area contributed by atoms with Gasteiger partial charge in [0.1, 0.15) is 11.7 Å². The molecule has 0 bridgehead atoms. The fourth-order valence-electron chi connectivity index (χ4n) is 2.17. The van der Waals surface area contributed by atoms with E-state index in [1.54, 1.807) is 12.1 Å². The van der Waals surface area contributed by atoms with Crippen LogP contribution in [0.1, 0.15) is 29.6 Å². The van der Waals surface area contributed by atoms with Gasteiger partial charge in [-0.15, -0.1) is 0 Å². The van der Waals surface area contributed by atoms with Crippen molar-refractivity contribution in [1.29, 1.82) is 0 Å². The maximum absolute atomic E-state index is 11.8. The molecule has 1 atom stereocenters. The normalized spacial score (nSPS) is 19.0. The van der Waals surface area contributed by atoms with E-state index in [9.17, 15) is 4.79 Å². The van der Waals surface area contributed by atoms with Gasteiger partial charge in [0, 0.05) is 22.9 Å². The highest BCUT2D eigenvalue weighted by molar-refractivity contribution is 6.35. The number of ketones is 1. The molecule has 1 aliphatic heterocycles. The highest BCUT2D eigenvalue weighted by Gasteiger charge is 2.29. The third kappa shape index (κ3) is 3.26. The van der Waals surface area contributed by atoms with E-state index in [0.717, 1.165) is 5.56 Å². The molecule has 0 amide bonds. The van der Waals surface area contributed by atoms with E-state index in [1.807, 2.05) is 6.07 Å². The molecule has 1 aromatic carbocycles. The van der Waals surface area contributed by atoms with E-state index < -0.39 is 5.92 Å². The first-order valence-electron chi connectivity index (χ1n) is 6.50. The number of ether oxygens (including phenoxy) is 1. The third-order valence-corrected chi connectivity index (χ3v) is 3.90. The van der Waals surface area contributed by atoms with E-state index in [2.05, 4.69) is 10.1 Å². The molecular formula is C14H12Cl2N2O3. The summed E-state index contributed by atoms with van der Waals surface area (Å²) in [5.41, 5.74) is 0.847. The van der Waals surface area contributed by atoms with Gasteiger partial charge in [-0.05, 0) is 17.7 Å². The molecule has 0 aliphatic carbocycles. The van der Waals surface area contributed by atoms with Crippen molar-refractivity contribution < 1.29 is 14.1 Å². The molecule has 1 saturated heterocycles. The first-order valence-corrected chi connectivity index (χ1v) is 7.26. The average Bonchev–Trinajstić information content (AvgIpc) is 2.91. The van der Waals surface area contributed by atoms with Crippen LogP contribution in [-0.4, -0.2) is 29.1 Å². The average molecular weight is 327 g/mol. The second-order valence-corrected chi connectivity index (χ2v) is 5.65. The van der Waals surface area contributed by atoms with Crippen molar-refractivity contribution in [2.75, 3.05) is 13.2 Å². The van der Waals surface area contributed by atoms with Crippen LogP contribution in [-0.2, 0) is 16.0 Å². The summed E-state index contributed by atoms with van der Waals surface area (Å²) in [7, 11) is 0. The molecule has 2 aromatic rings. The molecule has 1 aliphatic rings. The second kappa shape index (κ2) is 6.13. The van der Waals surface area contributed by atoms with Crippen LogP contribution < -0.4 is 0 Å². The van der Waals surface area contributed by atoms with Gasteiger partial charge in [-0.1, -0.05) is 34.4 Å². The third-order valence-electron chi connectivity index (χ3n) is 3.31. The smallest absolute Gasteiger partial charge is 0.239 e. The number of aromatic nitrogens is 2. The van der Waals surface area contributed by atoms with Gasteiger partial charge in [0.2, 0.25) is 5.89 Å². The number of halogens is 2. The topological polar surface area (TPSA) is 65.2 Å². The Kier molecular flexibility index (Phi) is 4.24. The van der Waals surface area contributed by atoms with Crippen LogP contribution in [0.15, 0.2) is 22.7 Å². The predicted octanol–water partition coefficient (Wildman–Crippen LogP) is 3.04. The lowest BCUT2D eigenvalue weighted by Crippen LogP contribution is -2.25. The van der Waals surface area contributed by atoms with Crippen LogP contribution in [0.25, 0.3) is 0 Å². The van der Waals surface area contributed by atoms with Gasteiger partial charge in [0.25, 0.3) is 0 Å². The fourth-order valence-corrected chi connectivity index (χ4v) is 2.64. The first kappa shape index (κ1) is 14.5. The molecule has 0 spiro atoms. The summed E-state index contributed by atoms with van der Waals surface area (Å²) in [6.07, 6.45) is 0.798. The van der Waals surface area contributed by atoms with Crippen molar-refractivity contribution >= 4 is 29.0 Å². The number of hydrogen-bond acceptors (Lipinski definition) is 5. The summed E-state index contributed by atoms with van der Waals surface area (Å²) in [5, 5.41) is 5.02. The molecule has 0 saturated carbocycles. The van der Waals surface area contributed by atoms with Crippen molar-refractivity contribution in [2.45, 2.75) is 18.8 Å². The maximum atomic E-state index is 11.8. The number of carbonyl (C=O) groups excluding carboxylic acids is 1. The van der Waals surface area contributed by atoms with E-state index >= 15 is 0 Å². The van der Waals surface area contributed by atoms with Crippen molar-refractivity contribution in [2.24, 2.45) is 0 Å². The molecule has 1 fully saturated rings. The van der Waals surface area contributed by atoms with Crippen molar-refractivity contribution in [3.8, 4) is 0 Å². The minimum Gasteiger partial charge on any atom is -0.380 e. The Bertz CT molecular complexity index is 672. The Morgan fingerprint density at radius 2 is 2.19 bits per heavy atom. The lowest BCUT2D eigenvalue weighted by Gasteiger charge is -2.17. The molecule has 7 heteroatoms. The Hall–Kier alpha value is -1.43. The van der Waals surface area contributed by atoms with Crippen LogP contribution in [0.2, 0.25) is 10.0 Å². The zero-order valence-electron chi connectivity index (χ0n) is 11.0. The lowest BCUT2D eigenvalue weighted by atomic mass is 10.0. The lowest BCUT2D eigenvalue weighted by molar-refractivity contribution is -0.127. The molecule has 0 radical (unpaired) electrons. The van der Waals surface area contributed by atoms with Gasteiger partial charge in [-0.3, -0.25) is 4.79 Å². The van der Waals surface area contributed by atoms with Gasteiger partial charge in [-0.2, -0.15) is 4.98 Å². The zero-order valence-corrected chi connectivity index (χ0v) is 12.5. The zero-order chi connectivity index (χ0) is 14.8. The SMILES string of the molecule is O=C1CCOCC1c1nc(Cc2ccc(Cl)cc2Cl)no1. The summed E-state index contributed by atoms with van der Waals surface area (Å²) < 4.78 is 10.5. The Morgan fingerprint density at radius 1 is 1.33 bits per heavy atom. The Balaban J connectivity index is 1.77. The largest absolute Gasteiger partial charge is 0.380 e. The van der Waals surface area contributed by atoms with E-state index in [-0.39, 0.29) is 5.78 Å². The van der Waals surface area contributed by atoms with Gasteiger partial charge < -0.3 is 9.26 Å². The first-order chi connectivity index (χ1) is 10.1. The Labute approximate surface area is 131 Å². The van der Waals surface area contributed by atoms with Crippen LogP contribution >= 0.6 is 23.2 Å². The quantitative estimate of drug-likeness (QED) is 0.867. The molecule has 21 heavy (non-hydrogen) atoms. The number of nitrogens with zero attached hydrogens (tertiary/aromatic N) is 2. The molecule has 0 N–H and O–H groups in total. The van der Waals surface area contributed by atoms with Gasteiger partial charge >= 0.3 is 0 Å². The van der Waals surface area contributed by atoms with Gasteiger partial charge in [0.15, 0.2) is 5.82 Å². The maximum Gasteiger partial charge on any atom is 0.239 e. The van der Waals surface area contributed by atoms with Crippen molar-refractivity contribution in [3.63, 3.8) is 0 Å². The number of Topliss-reactive ketones (excluding diaryl/α,β-unsaturated/α-hetero) is 1. The van der Waals surface area contributed by atoms with E-state index in [0.29, 0.717) is 47.8 Å². The monoisotopic (exact) mass is 326 g/mol. The fraction of sp³-hybridized carbons (Fsp3) is 0.357. The molecule has 2 heterocycles. The summed E-state index contributed by atoms with van der Waals surface area (Å²) in [6, 6.07) is 5.23. The minimum atomic E-state index is -0.458. The van der Waals surface area contributed by atoms with Gasteiger partial charge in [0.05, 0.1) is 13.2 Å². The van der Waals surface area contributed by atoms with Crippen LogP contribution in [0, 0.1) is 0 Å². The number of carbonyl (C=O) groups is 1. The predicted molar refractivity (Wildman–Crippen MR) is 76.8 cm³/mol. The number of hydrogen-bond donors (Lipinski definition) is 0. The molecule has 3 rings (SSSR count). The summed E-state index contributed by atoms with van der Waals surface area (Å²) in [4.78, 5) is 16.1. The standard InChI is InChI=1S/C14H12Cl2N2O3/c15-9-2-1-8(11(16)6-9)5-13-17-14(21-18-13)10-7-20-4-3-12(10)19/h1-2,6,10H,3-5,7H2. The van der Waals surface area contributed by atoms with Crippen LogP contribution in [0.3, 0.4) is 0 Å². The van der Waals surface area contributed by atoms with Gasteiger partial charge in [-0.25, -0.2) is 0 Å². The highest BCUT2D eigenvalue weighted by Crippen LogP contribution is 2.24. The number of rotatable bonds is 3. The summed E-state index contributed by atoms with van der Waals surface area (Å²) >= 11 is 12.0. The van der Waals surface area contributed by atoms with Crippen LogP contribution in [0.5, 0.6) is 0 Å². The molecular weight excluding hydrogens is 315 g/mol. The minimum absolute atomic E-state index is 0.0703. The molecule has 1 unspecified atom stereocenters.